The number of carboxylic acid groups (broad SMARTS) is 1. The van der Waals surface area contributed by atoms with Gasteiger partial charge in [-0.05, 0) is 19.9 Å². The summed E-state index contributed by atoms with van der Waals surface area (Å²) in [4.78, 5) is 13.3. The van der Waals surface area contributed by atoms with Gasteiger partial charge < -0.3 is 20.1 Å². The molecule has 1 aliphatic heterocycles. The molecule has 0 aromatic heterocycles. The van der Waals surface area contributed by atoms with Crippen LogP contribution < -0.4 is 5.32 Å². The van der Waals surface area contributed by atoms with Crippen LogP contribution in [0, 0.1) is 0 Å². The van der Waals surface area contributed by atoms with Gasteiger partial charge in [0, 0.05) is 31.8 Å². The lowest BCUT2D eigenvalue weighted by Gasteiger charge is -2.33. The van der Waals surface area contributed by atoms with Crippen molar-refractivity contribution in [3.05, 3.63) is 0 Å². The fourth-order valence-electron chi connectivity index (χ4n) is 2.17. The fraction of sp³-hybridized carbons (Fsp3) is 0.917. The van der Waals surface area contributed by atoms with Crippen LogP contribution in [0.3, 0.4) is 0 Å². The first-order valence-corrected chi connectivity index (χ1v) is 6.27. The lowest BCUT2D eigenvalue weighted by molar-refractivity contribution is -0.140. The lowest BCUT2D eigenvalue weighted by Crippen LogP contribution is -2.50. The molecule has 0 saturated carbocycles. The average Bonchev–Trinajstić information content (AvgIpc) is 2.28. The largest absolute Gasteiger partial charge is 0.480 e. The van der Waals surface area contributed by atoms with Gasteiger partial charge in [0.05, 0.1) is 0 Å². The standard InChI is InChI=1S/C12H24N2O3/c1-9(2)13-11(12(15)16)8-14(3)10-4-6-17-7-5-10/h9-11,13H,4-8H2,1-3H3,(H,15,16). The Bertz CT molecular complexity index is 240. The minimum absolute atomic E-state index is 0.180. The Labute approximate surface area is 103 Å². The molecule has 1 unspecified atom stereocenters. The minimum Gasteiger partial charge on any atom is -0.480 e. The molecule has 1 saturated heterocycles. The zero-order chi connectivity index (χ0) is 12.8. The predicted octanol–water partition coefficient (Wildman–Crippen LogP) is 0.548. The number of ether oxygens (including phenoxy) is 1. The molecule has 1 aliphatic rings. The van der Waals surface area contributed by atoms with Gasteiger partial charge in [-0.25, -0.2) is 0 Å². The summed E-state index contributed by atoms with van der Waals surface area (Å²) in [5.41, 5.74) is 0. The Morgan fingerprint density at radius 3 is 2.53 bits per heavy atom. The first-order valence-electron chi connectivity index (χ1n) is 6.27. The molecule has 17 heavy (non-hydrogen) atoms. The first-order chi connectivity index (χ1) is 8.00. The van der Waals surface area contributed by atoms with Crippen LogP contribution in [0.4, 0.5) is 0 Å². The highest BCUT2D eigenvalue weighted by Gasteiger charge is 2.25. The van der Waals surface area contributed by atoms with Crippen molar-refractivity contribution in [1.82, 2.24) is 10.2 Å². The van der Waals surface area contributed by atoms with Crippen molar-refractivity contribution in [3.8, 4) is 0 Å². The van der Waals surface area contributed by atoms with E-state index in [-0.39, 0.29) is 6.04 Å². The van der Waals surface area contributed by atoms with E-state index in [0.29, 0.717) is 12.6 Å². The maximum absolute atomic E-state index is 11.1. The molecule has 0 aliphatic carbocycles. The third kappa shape index (κ3) is 5.02. The fourth-order valence-corrected chi connectivity index (χ4v) is 2.17. The molecule has 0 bridgehead atoms. The lowest BCUT2D eigenvalue weighted by atomic mass is 10.1. The third-order valence-corrected chi connectivity index (χ3v) is 3.12. The third-order valence-electron chi connectivity index (χ3n) is 3.12. The smallest absolute Gasteiger partial charge is 0.322 e. The van der Waals surface area contributed by atoms with Crippen LogP contribution in [-0.2, 0) is 9.53 Å². The number of aliphatic carboxylic acids is 1. The Kier molecular flexibility index (Phi) is 5.88. The van der Waals surface area contributed by atoms with Gasteiger partial charge in [0.15, 0.2) is 0 Å². The second-order valence-corrected chi connectivity index (χ2v) is 5.00. The number of likely N-dealkylation sites (N-methyl/N-ethyl adjacent to an activating group) is 1. The van der Waals surface area contributed by atoms with Gasteiger partial charge in [-0.15, -0.1) is 0 Å². The molecule has 5 nitrogen and oxygen atoms in total. The molecule has 5 heteroatoms. The van der Waals surface area contributed by atoms with Crippen LogP contribution in [-0.4, -0.2) is 60.9 Å². The SMILES string of the molecule is CC(C)NC(CN(C)C1CCOCC1)C(=O)O. The van der Waals surface area contributed by atoms with Crippen molar-refractivity contribution >= 4 is 5.97 Å². The molecule has 0 radical (unpaired) electrons. The minimum atomic E-state index is -0.780. The first kappa shape index (κ1) is 14.4. The Balaban J connectivity index is 2.44. The van der Waals surface area contributed by atoms with E-state index in [1.54, 1.807) is 0 Å². The summed E-state index contributed by atoms with van der Waals surface area (Å²) in [7, 11) is 1.99. The molecule has 1 atom stereocenters. The number of rotatable bonds is 6. The zero-order valence-electron chi connectivity index (χ0n) is 11.0. The molecular formula is C12H24N2O3. The van der Waals surface area contributed by atoms with Crippen LogP contribution in [0.1, 0.15) is 26.7 Å². The summed E-state index contributed by atoms with van der Waals surface area (Å²) >= 11 is 0. The zero-order valence-corrected chi connectivity index (χ0v) is 11.0. The van der Waals surface area contributed by atoms with Gasteiger partial charge in [0.1, 0.15) is 6.04 Å². The van der Waals surface area contributed by atoms with E-state index >= 15 is 0 Å². The van der Waals surface area contributed by atoms with Crippen molar-refractivity contribution in [2.75, 3.05) is 26.8 Å². The summed E-state index contributed by atoms with van der Waals surface area (Å²) in [6.07, 6.45) is 1.98. The summed E-state index contributed by atoms with van der Waals surface area (Å²) in [6.45, 7) is 6.03. The Hall–Kier alpha value is -0.650. The second-order valence-electron chi connectivity index (χ2n) is 5.00. The van der Waals surface area contributed by atoms with Crippen molar-refractivity contribution in [3.63, 3.8) is 0 Å². The topological polar surface area (TPSA) is 61.8 Å². The normalized spacial score (nSPS) is 19.8. The van der Waals surface area contributed by atoms with Gasteiger partial charge in [0.25, 0.3) is 0 Å². The highest BCUT2D eigenvalue weighted by atomic mass is 16.5. The molecule has 0 amide bonds. The molecule has 0 spiro atoms. The molecule has 1 rings (SSSR count). The molecule has 0 aromatic carbocycles. The van der Waals surface area contributed by atoms with E-state index in [0.717, 1.165) is 26.1 Å². The van der Waals surface area contributed by atoms with Crippen LogP contribution in [0.15, 0.2) is 0 Å². The van der Waals surface area contributed by atoms with Gasteiger partial charge in [-0.2, -0.15) is 0 Å². The Morgan fingerprint density at radius 1 is 1.47 bits per heavy atom. The number of hydrogen-bond acceptors (Lipinski definition) is 4. The van der Waals surface area contributed by atoms with Crippen molar-refractivity contribution in [2.24, 2.45) is 0 Å². The number of carboxylic acids is 1. The average molecular weight is 244 g/mol. The van der Waals surface area contributed by atoms with Crippen LogP contribution in [0.5, 0.6) is 0 Å². The molecule has 1 fully saturated rings. The van der Waals surface area contributed by atoms with E-state index in [1.807, 2.05) is 20.9 Å². The highest BCUT2D eigenvalue weighted by Crippen LogP contribution is 2.13. The summed E-state index contributed by atoms with van der Waals surface area (Å²) in [5, 5.41) is 12.2. The van der Waals surface area contributed by atoms with E-state index in [1.165, 1.54) is 0 Å². The summed E-state index contributed by atoms with van der Waals surface area (Å²) in [5.74, 6) is -0.780. The second kappa shape index (κ2) is 6.93. The molecule has 0 aromatic rings. The van der Waals surface area contributed by atoms with Crippen molar-refractivity contribution < 1.29 is 14.6 Å². The molecular weight excluding hydrogens is 220 g/mol. The van der Waals surface area contributed by atoms with E-state index in [9.17, 15) is 4.79 Å². The van der Waals surface area contributed by atoms with E-state index in [2.05, 4.69) is 10.2 Å². The quantitative estimate of drug-likeness (QED) is 0.714. The van der Waals surface area contributed by atoms with Crippen molar-refractivity contribution in [2.45, 2.75) is 44.8 Å². The monoisotopic (exact) mass is 244 g/mol. The predicted molar refractivity (Wildman–Crippen MR) is 66.2 cm³/mol. The maximum Gasteiger partial charge on any atom is 0.322 e. The van der Waals surface area contributed by atoms with E-state index in [4.69, 9.17) is 9.84 Å². The number of hydrogen-bond donors (Lipinski definition) is 2. The summed E-state index contributed by atoms with van der Waals surface area (Å²) in [6, 6.07) is 0.126. The van der Waals surface area contributed by atoms with Crippen LogP contribution >= 0.6 is 0 Å². The van der Waals surface area contributed by atoms with Crippen LogP contribution in [0.25, 0.3) is 0 Å². The van der Waals surface area contributed by atoms with Gasteiger partial charge >= 0.3 is 5.97 Å². The van der Waals surface area contributed by atoms with Crippen molar-refractivity contribution in [1.29, 1.82) is 0 Å². The van der Waals surface area contributed by atoms with Gasteiger partial charge in [-0.3, -0.25) is 4.79 Å². The number of carbonyl (C=O) groups is 1. The molecule has 2 N–H and O–H groups in total. The molecule has 1 heterocycles. The Morgan fingerprint density at radius 2 is 2.06 bits per heavy atom. The number of nitrogens with one attached hydrogen (secondary N) is 1. The maximum atomic E-state index is 11.1. The summed E-state index contributed by atoms with van der Waals surface area (Å²) < 4.78 is 5.31. The van der Waals surface area contributed by atoms with E-state index < -0.39 is 12.0 Å². The molecule has 100 valence electrons. The highest BCUT2D eigenvalue weighted by molar-refractivity contribution is 5.73. The van der Waals surface area contributed by atoms with Gasteiger partial charge in [0.2, 0.25) is 0 Å². The number of nitrogens with zero attached hydrogens (tertiary/aromatic N) is 1. The van der Waals surface area contributed by atoms with Gasteiger partial charge in [-0.1, -0.05) is 13.8 Å². The van der Waals surface area contributed by atoms with Crippen LogP contribution in [0.2, 0.25) is 0 Å².